The van der Waals surface area contributed by atoms with Gasteiger partial charge in [-0.2, -0.15) is 0 Å². The van der Waals surface area contributed by atoms with Gasteiger partial charge in [-0.15, -0.1) is 0 Å². The predicted octanol–water partition coefficient (Wildman–Crippen LogP) is 6.74. The third kappa shape index (κ3) is 9.36. The van der Waals surface area contributed by atoms with Gasteiger partial charge in [0.2, 0.25) is 0 Å². The number of nitrogens with one attached hydrogen (secondary N) is 2. The number of rotatable bonds is 8. The Balaban J connectivity index is 1.37. The van der Waals surface area contributed by atoms with Crippen molar-refractivity contribution in [3.05, 3.63) is 59.1 Å². The number of carbonyl (C=O) groups is 2. The maximum Gasteiger partial charge on any atom is 0.258 e. The Hall–Kier alpha value is -2.87. The fourth-order valence-corrected chi connectivity index (χ4v) is 6.10. The zero-order valence-electron chi connectivity index (χ0n) is 22.9. The second-order valence-corrected chi connectivity index (χ2v) is 11.7. The monoisotopic (exact) mass is 576 g/mol. The van der Waals surface area contributed by atoms with E-state index in [2.05, 4.69) is 10.6 Å². The number of hydrogen-bond acceptors (Lipinski definition) is 4. The van der Waals surface area contributed by atoms with Gasteiger partial charge in [0, 0.05) is 22.7 Å². The summed E-state index contributed by atoms with van der Waals surface area (Å²) < 4.78 is 37.8. The highest BCUT2D eigenvalue weighted by Crippen LogP contribution is 2.44. The molecule has 6 nitrogen and oxygen atoms in total. The maximum absolute atomic E-state index is 13.5. The summed E-state index contributed by atoms with van der Waals surface area (Å²) in [5.74, 6) is -1.32. The molecule has 3 fully saturated rings. The molecule has 0 aromatic heterocycles. The number of carbonyl (C=O) groups excluding carboxylic acids is 2. The number of fused-ring (bicyclic) bond motifs is 10. The first kappa shape index (κ1) is 30.1. The minimum Gasteiger partial charge on any atom is -0.484 e. The van der Waals surface area contributed by atoms with Crippen LogP contribution in [0.3, 0.4) is 0 Å². The summed E-state index contributed by atoms with van der Waals surface area (Å²) in [5.41, 5.74) is -0.409. The number of amides is 2. The molecule has 1 unspecified atom stereocenters. The summed E-state index contributed by atoms with van der Waals surface area (Å²) in [5, 5.41) is 6.93. The van der Waals surface area contributed by atoms with E-state index >= 15 is 0 Å². The van der Waals surface area contributed by atoms with Crippen LogP contribution >= 0.6 is 11.6 Å². The normalized spacial score (nSPS) is 23.7. The molecule has 3 saturated carbocycles. The minimum absolute atomic E-state index is 0.0892. The predicted molar refractivity (Wildman–Crippen MR) is 150 cm³/mol. The molecule has 0 aliphatic heterocycles. The molecule has 5 rings (SSSR count). The van der Waals surface area contributed by atoms with Crippen LogP contribution in [0.2, 0.25) is 5.02 Å². The van der Waals surface area contributed by atoms with Gasteiger partial charge in [-0.05, 0) is 68.0 Å². The number of ether oxygens (including phenoxy) is 2. The second-order valence-electron chi connectivity index (χ2n) is 11.2. The van der Waals surface area contributed by atoms with Gasteiger partial charge in [-0.1, -0.05) is 63.0 Å². The van der Waals surface area contributed by atoms with Gasteiger partial charge >= 0.3 is 0 Å². The Morgan fingerprint density at radius 1 is 0.775 bits per heavy atom. The zero-order valence-corrected chi connectivity index (χ0v) is 23.6. The molecule has 2 amide bonds. The van der Waals surface area contributed by atoms with Crippen molar-refractivity contribution in [2.45, 2.75) is 88.6 Å². The van der Waals surface area contributed by atoms with Crippen LogP contribution < -0.4 is 20.1 Å². The third-order valence-corrected chi connectivity index (χ3v) is 8.13. The summed E-state index contributed by atoms with van der Waals surface area (Å²) in [6.07, 6.45) is 12.5. The van der Waals surface area contributed by atoms with Crippen molar-refractivity contribution in [1.82, 2.24) is 10.6 Å². The largest absolute Gasteiger partial charge is 0.484 e. The van der Waals surface area contributed by atoms with Crippen molar-refractivity contribution in [3.8, 4) is 11.5 Å². The van der Waals surface area contributed by atoms with Crippen LogP contribution in [0.4, 0.5) is 8.78 Å². The zero-order chi connectivity index (χ0) is 28.4. The van der Waals surface area contributed by atoms with Crippen LogP contribution in [-0.2, 0) is 9.59 Å². The van der Waals surface area contributed by atoms with Crippen LogP contribution in [0.25, 0.3) is 0 Å². The van der Waals surface area contributed by atoms with E-state index in [1.807, 2.05) is 0 Å². The van der Waals surface area contributed by atoms with Crippen molar-refractivity contribution < 1.29 is 27.8 Å². The first-order valence-corrected chi connectivity index (χ1v) is 14.7. The Bertz CT molecular complexity index is 1120. The van der Waals surface area contributed by atoms with Crippen LogP contribution in [0.15, 0.2) is 42.5 Å². The topological polar surface area (TPSA) is 76.7 Å². The standard InChI is InChI=1S/C31H39ClF2N2O4/c32-23-10-12-25(13-11-23)39-21-30(38)36-31-17-22(18-31)8-6-4-2-1-3-5-7-9-24(19-31)35-29(37)20-40-26-14-15-27(33)28(34)16-26/h10-16,22,24H,1-9,17-21H2,(H,35,37)(H,36,38). The molecule has 0 radical (unpaired) electrons. The molecule has 218 valence electrons. The fourth-order valence-electron chi connectivity index (χ4n) is 5.97. The van der Waals surface area contributed by atoms with E-state index in [1.165, 1.54) is 38.2 Å². The van der Waals surface area contributed by atoms with Gasteiger partial charge in [0.1, 0.15) is 11.5 Å². The van der Waals surface area contributed by atoms with Crippen LogP contribution in [-0.4, -0.2) is 36.6 Å². The molecule has 3 aliphatic rings. The quantitative estimate of drug-likeness (QED) is 0.365. The van der Waals surface area contributed by atoms with E-state index in [0.29, 0.717) is 23.1 Å². The SMILES string of the molecule is O=C(COc1ccc(F)c(F)c1)NC1CCCCCCCCCC2CC(NC(=O)COc3ccc(Cl)cc3)(C2)C1. The molecular formula is C31H39ClF2N2O4. The summed E-state index contributed by atoms with van der Waals surface area (Å²) >= 11 is 5.93. The average Bonchev–Trinajstić information content (AvgIpc) is 2.91. The van der Waals surface area contributed by atoms with Crippen LogP contribution in [0.1, 0.15) is 77.0 Å². The fraction of sp³-hybridized carbons (Fsp3) is 0.548. The van der Waals surface area contributed by atoms with Gasteiger partial charge in [0.15, 0.2) is 24.8 Å². The average molecular weight is 577 g/mol. The lowest BCUT2D eigenvalue weighted by Gasteiger charge is -2.50. The summed E-state index contributed by atoms with van der Waals surface area (Å²) in [7, 11) is 0. The van der Waals surface area contributed by atoms with Crippen LogP contribution in [0.5, 0.6) is 11.5 Å². The molecule has 40 heavy (non-hydrogen) atoms. The molecule has 2 N–H and O–H groups in total. The van der Waals surface area contributed by atoms with E-state index in [9.17, 15) is 18.4 Å². The first-order chi connectivity index (χ1) is 19.3. The lowest BCUT2D eigenvalue weighted by atomic mass is 9.63. The number of benzene rings is 2. The second kappa shape index (κ2) is 14.7. The van der Waals surface area contributed by atoms with Crippen molar-refractivity contribution >= 4 is 23.4 Å². The molecule has 0 spiro atoms. The Kier molecular flexibility index (Phi) is 11.0. The Morgan fingerprint density at radius 3 is 2.08 bits per heavy atom. The summed E-state index contributed by atoms with van der Waals surface area (Å²) in [6.45, 7) is -0.411. The maximum atomic E-state index is 13.5. The van der Waals surface area contributed by atoms with E-state index in [1.54, 1.807) is 24.3 Å². The molecule has 2 aromatic carbocycles. The molecule has 2 aromatic rings. The minimum atomic E-state index is -1.03. The van der Waals surface area contributed by atoms with E-state index < -0.39 is 17.2 Å². The van der Waals surface area contributed by atoms with E-state index in [0.717, 1.165) is 50.7 Å². The highest BCUT2D eigenvalue weighted by Gasteiger charge is 2.46. The molecule has 9 heteroatoms. The number of halogens is 3. The first-order valence-electron chi connectivity index (χ1n) is 14.4. The van der Waals surface area contributed by atoms with Gasteiger partial charge in [0.05, 0.1) is 0 Å². The Morgan fingerprint density at radius 2 is 1.38 bits per heavy atom. The van der Waals surface area contributed by atoms with Gasteiger partial charge in [-0.25, -0.2) is 8.78 Å². The molecule has 0 heterocycles. The van der Waals surface area contributed by atoms with E-state index in [-0.39, 0.29) is 36.8 Å². The lowest BCUT2D eigenvalue weighted by molar-refractivity contribution is -0.127. The molecular weight excluding hydrogens is 538 g/mol. The summed E-state index contributed by atoms with van der Waals surface area (Å²) in [4.78, 5) is 25.8. The molecule has 1 atom stereocenters. The smallest absolute Gasteiger partial charge is 0.258 e. The highest BCUT2D eigenvalue weighted by molar-refractivity contribution is 6.30. The van der Waals surface area contributed by atoms with Gasteiger partial charge in [-0.3, -0.25) is 9.59 Å². The van der Waals surface area contributed by atoms with Crippen LogP contribution in [0, 0.1) is 17.6 Å². The van der Waals surface area contributed by atoms with Crippen molar-refractivity contribution in [2.24, 2.45) is 5.92 Å². The summed E-state index contributed by atoms with van der Waals surface area (Å²) in [6, 6.07) is 9.91. The third-order valence-electron chi connectivity index (χ3n) is 7.88. The van der Waals surface area contributed by atoms with E-state index in [4.69, 9.17) is 21.1 Å². The number of hydrogen-bond donors (Lipinski definition) is 2. The lowest BCUT2D eigenvalue weighted by Crippen LogP contribution is -2.61. The molecule has 2 bridgehead atoms. The Labute approximate surface area is 240 Å². The molecule has 0 saturated heterocycles. The molecule has 3 aliphatic carbocycles. The van der Waals surface area contributed by atoms with Crippen molar-refractivity contribution in [3.63, 3.8) is 0 Å². The van der Waals surface area contributed by atoms with Gasteiger partial charge < -0.3 is 20.1 Å². The van der Waals surface area contributed by atoms with Crippen molar-refractivity contribution in [1.29, 1.82) is 0 Å². The van der Waals surface area contributed by atoms with Gasteiger partial charge in [0.25, 0.3) is 11.8 Å². The van der Waals surface area contributed by atoms with Crippen molar-refractivity contribution in [2.75, 3.05) is 13.2 Å². The highest BCUT2D eigenvalue weighted by atomic mass is 35.5.